The molecule has 1 aliphatic rings. The van der Waals surface area contributed by atoms with Gasteiger partial charge in [-0.05, 0) is 79.4 Å². The molecule has 38 heavy (non-hydrogen) atoms. The smallest absolute Gasteiger partial charge is 0.338 e. The molecule has 2 aromatic carbocycles. The van der Waals surface area contributed by atoms with Gasteiger partial charge in [0.2, 0.25) is 5.91 Å². The van der Waals surface area contributed by atoms with E-state index in [2.05, 4.69) is 10.3 Å². The summed E-state index contributed by atoms with van der Waals surface area (Å²) < 4.78 is 5.03. The Labute approximate surface area is 227 Å². The van der Waals surface area contributed by atoms with Crippen LogP contribution in [0.3, 0.4) is 0 Å². The number of amides is 1. The molecule has 2 aromatic heterocycles. The van der Waals surface area contributed by atoms with E-state index in [-0.39, 0.29) is 17.8 Å². The van der Waals surface area contributed by atoms with Crippen molar-refractivity contribution in [3.8, 4) is 22.4 Å². The minimum Gasteiger partial charge on any atom is -0.462 e. The highest BCUT2D eigenvalue weighted by Crippen LogP contribution is 2.39. The van der Waals surface area contributed by atoms with Gasteiger partial charge < -0.3 is 10.1 Å². The first-order valence-corrected chi connectivity index (χ1v) is 13.1. The second-order valence-corrected chi connectivity index (χ2v) is 9.83. The molecular formula is C31H28ClN3O3. The topological polar surface area (TPSA) is 81.2 Å². The zero-order valence-electron chi connectivity index (χ0n) is 21.1. The fourth-order valence-corrected chi connectivity index (χ4v) is 4.63. The zero-order valence-corrected chi connectivity index (χ0v) is 21.8. The van der Waals surface area contributed by atoms with Crippen molar-refractivity contribution in [3.63, 3.8) is 0 Å². The number of anilines is 1. The molecule has 1 unspecified atom stereocenters. The van der Waals surface area contributed by atoms with E-state index in [0.717, 1.165) is 47.3 Å². The monoisotopic (exact) mass is 525 g/mol. The van der Waals surface area contributed by atoms with E-state index < -0.39 is 0 Å². The maximum Gasteiger partial charge on any atom is 0.338 e. The van der Waals surface area contributed by atoms with Crippen molar-refractivity contribution in [2.45, 2.75) is 32.1 Å². The van der Waals surface area contributed by atoms with Gasteiger partial charge in [-0.1, -0.05) is 42.6 Å². The number of carbonyl (C=O) groups is 2. The summed E-state index contributed by atoms with van der Waals surface area (Å²) in [6.07, 6.45) is 6.57. The van der Waals surface area contributed by atoms with Crippen LogP contribution in [-0.2, 0) is 9.53 Å². The summed E-state index contributed by atoms with van der Waals surface area (Å²) in [4.78, 5) is 34.5. The van der Waals surface area contributed by atoms with Crippen molar-refractivity contribution in [2.75, 3.05) is 11.9 Å². The Morgan fingerprint density at radius 2 is 1.82 bits per heavy atom. The Balaban J connectivity index is 1.37. The van der Waals surface area contributed by atoms with E-state index in [4.69, 9.17) is 21.3 Å². The van der Waals surface area contributed by atoms with E-state index in [1.165, 1.54) is 0 Å². The minimum atomic E-state index is -0.382. The largest absolute Gasteiger partial charge is 0.462 e. The number of pyridine rings is 2. The number of rotatable bonds is 9. The molecule has 1 amide bonds. The van der Waals surface area contributed by atoms with Gasteiger partial charge in [-0.3, -0.25) is 14.8 Å². The van der Waals surface area contributed by atoms with Crippen molar-refractivity contribution in [1.82, 2.24) is 9.97 Å². The SMILES string of the molecule is CCOC(=O)c1ccc(NC(=O)C(CC2CC2)c2ccc(-c3cc(Cl)ccc3-c3ccccn3)cn2)cc1. The number of ether oxygens (including phenoxy) is 1. The van der Waals surface area contributed by atoms with Gasteiger partial charge in [-0.2, -0.15) is 0 Å². The van der Waals surface area contributed by atoms with Crippen LogP contribution in [0, 0.1) is 5.92 Å². The van der Waals surface area contributed by atoms with Gasteiger partial charge in [-0.25, -0.2) is 4.79 Å². The van der Waals surface area contributed by atoms with Crippen molar-refractivity contribution in [1.29, 1.82) is 0 Å². The molecule has 6 nitrogen and oxygen atoms in total. The molecule has 2 heterocycles. The van der Waals surface area contributed by atoms with Gasteiger partial charge in [0, 0.05) is 34.2 Å². The molecule has 5 rings (SSSR count). The van der Waals surface area contributed by atoms with Crippen LogP contribution in [-0.4, -0.2) is 28.5 Å². The second kappa shape index (κ2) is 11.6. The number of halogens is 1. The molecule has 192 valence electrons. The summed E-state index contributed by atoms with van der Waals surface area (Å²) in [5.41, 5.74) is 5.44. The third-order valence-electron chi connectivity index (χ3n) is 6.62. The van der Waals surface area contributed by atoms with Gasteiger partial charge in [0.25, 0.3) is 0 Å². The number of hydrogen-bond donors (Lipinski definition) is 1. The number of esters is 1. The van der Waals surface area contributed by atoms with Crippen LogP contribution >= 0.6 is 11.6 Å². The van der Waals surface area contributed by atoms with Gasteiger partial charge in [0.1, 0.15) is 0 Å². The Morgan fingerprint density at radius 1 is 1.00 bits per heavy atom. The summed E-state index contributed by atoms with van der Waals surface area (Å²) in [6.45, 7) is 2.08. The second-order valence-electron chi connectivity index (χ2n) is 9.40. The molecule has 0 saturated heterocycles. The van der Waals surface area contributed by atoms with E-state index in [9.17, 15) is 9.59 Å². The average Bonchev–Trinajstić information content (AvgIpc) is 3.77. The maximum absolute atomic E-state index is 13.4. The zero-order chi connectivity index (χ0) is 26.5. The molecule has 0 spiro atoms. The molecule has 1 atom stereocenters. The number of nitrogens with zero attached hydrogens (tertiary/aromatic N) is 2. The first kappa shape index (κ1) is 25.6. The molecule has 0 radical (unpaired) electrons. The highest BCUT2D eigenvalue weighted by Gasteiger charge is 2.31. The van der Waals surface area contributed by atoms with Crippen LogP contribution in [0.5, 0.6) is 0 Å². The molecule has 4 aromatic rings. The van der Waals surface area contributed by atoms with Crippen LogP contribution in [0.2, 0.25) is 5.02 Å². The third kappa shape index (κ3) is 6.09. The molecule has 0 bridgehead atoms. The number of benzene rings is 2. The molecule has 1 aliphatic carbocycles. The number of nitrogens with one attached hydrogen (secondary N) is 1. The summed E-state index contributed by atoms with van der Waals surface area (Å²) in [5.74, 6) is -0.344. The number of carbonyl (C=O) groups excluding carboxylic acids is 2. The third-order valence-corrected chi connectivity index (χ3v) is 6.86. The minimum absolute atomic E-state index is 0.113. The number of aromatic nitrogens is 2. The van der Waals surface area contributed by atoms with Gasteiger partial charge in [0.05, 0.1) is 29.5 Å². The lowest BCUT2D eigenvalue weighted by Crippen LogP contribution is -2.22. The van der Waals surface area contributed by atoms with Gasteiger partial charge in [-0.15, -0.1) is 0 Å². The predicted octanol–water partition coefficient (Wildman–Crippen LogP) is 7.16. The summed E-state index contributed by atoms with van der Waals surface area (Å²) >= 11 is 6.34. The van der Waals surface area contributed by atoms with Crippen LogP contribution in [0.25, 0.3) is 22.4 Å². The first-order valence-electron chi connectivity index (χ1n) is 12.8. The quantitative estimate of drug-likeness (QED) is 0.234. The maximum atomic E-state index is 13.4. The fourth-order valence-electron chi connectivity index (χ4n) is 4.45. The van der Waals surface area contributed by atoms with Crippen LogP contribution in [0.1, 0.15) is 48.2 Å². The fraction of sp³-hybridized carbons (Fsp3) is 0.226. The van der Waals surface area contributed by atoms with Crippen LogP contribution in [0.15, 0.2) is 85.2 Å². The lowest BCUT2D eigenvalue weighted by Gasteiger charge is -2.17. The van der Waals surface area contributed by atoms with Crippen molar-refractivity contribution < 1.29 is 14.3 Å². The molecule has 1 saturated carbocycles. The van der Waals surface area contributed by atoms with Crippen LogP contribution in [0.4, 0.5) is 5.69 Å². The molecule has 1 fully saturated rings. The molecule has 7 heteroatoms. The normalized spacial score (nSPS) is 13.5. The van der Waals surface area contributed by atoms with Crippen molar-refractivity contribution in [3.05, 3.63) is 101 Å². The number of hydrogen-bond acceptors (Lipinski definition) is 5. The summed E-state index contributed by atoms with van der Waals surface area (Å²) in [7, 11) is 0. The molecular weight excluding hydrogens is 498 g/mol. The average molecular weight is 526 g/mol. The van der Waals surface area contributed by atoms with Gasteiger partial charge in [0.15, 0.2) is 0 Å². The molecule has 1 N–H and O–H groups in total. The van der Waals surface area contributed by atoms with E-state index >= 15 is 0 Å². The highest BCUT2D eigenvalue weighted by atomic mass is 35.5. The predicted molar refractivity (Wildman–Crippen MR) is 149 cm³/mol. The Bertz CT molecular complexity index is 1420. The van der Waals surface area contributed by atoms with E-state index in [1.807, 2.05) is 48.5 Å². The van der Waals surface area contributed by atoms with E-state index in [0.29, 0.717) is 28.8 Å². The lowest BCUT2D eigenvalue weighted by molar-refractivity contribution is -0.117. The summed E-state index contributed by atoms with van der Waals surface area (Å²) in [5, 5.41) is 3.63. The molecule has 0 aliphatic heterocycles. The lowest BCUT2D eigenvalue weighted by atomic mass is 9.94. The van der Waals surface area contributed by atoms with E-state index in [1.54, 1.807) is 43.6 Å². The standard InChI is InChI=1S/C31H28ClN3O3/c1-2-38-31(37)21-8-12-24(13-9-21)35-30(36)27(17-20-6-7-20)29-15-10-22(19-34-29)26-18-23(32)11-14-25(26)28-5-3-4-16-33-28/h3-5,8-16,18-20,27H,2,6-7,17H2,1H3,(H,35,36). The Kier molecular flexibility index (Phi) is 7.80. The Hall–Kier alpha value is -4.03. The van der Waals surface area contributed by atoms with Crippen molar-refractivity contribution in [2.24, 2.45) is 5.92 Å². The van der Waals surface area contributed by atoms with Crippen LogP contribution < -0.4 is 5.32 Å². The highest BCUT2D eigenvalue weighted by molar-refractivity contribution is 6.31. The van der Waals surface area contributed by atoms with Gasteiger partial charge >= 0.3 is 5.97 Å². The summed E-state index contributed by atoms with van der Waals surface area (Å²) in [6, 6.07) is 22.2. The van der Waals surface area contributed by atoms with Crippen molar-refractivity contribution >= 4 is 29.2 Å². The Morgan fingerprint density at radius 3 is 2.47 bits per heavy atom. The first-order chi connectivity index (χ1) is 18.5.